The highest BCUT2D eigenvalue weighted by Gasteiger charge is 2.42. The number of ether oxygens (including phenoxy) is 1. The number of morpholine rings is 1. The van der Waals surface area contributed by atoms with Crippen LogP contribution in [-0.4, -0.2) is 35.4 Å². The summed E-state index contributed by atoms with van der Waals surface area (Å²) in [5.41, 5.74) is 1.30. The van der Waals surface area contributed by atoms with Crippen molar-refractivity contribution < 1.29 is 23.1 Å². The molecule has 2 atom stereocenters. The zero-order valence-electron chi connectivity index (χ0n) is 17.0. The fraction of sp³-hybridized carbons (Fsp3) is 0.333. The lowest BCUT2D eigenvalue weighted by molar-refractivity contribution is -0.151. The molecule has 0 radical (unpaired) electrons. The number of nitrogens with one attached hydrogen (secondary N) is 1. The van der Waals surface area contributed by atoms with Crippen molar-refractivity contribution in [3.63, 3.8) is 0 Å². The molecule has 2 amide bonds. The topological polar surface area (TPSA) is 58.6 Å². The maximum Gasteiger partial charge on any atom is 0.289 e. The third kappa shape index (κ3) is 5.10. The van der Waals surface area contributed by atoms with Crippen molar-refractivity contribution in [2.24, 2.45) is 0 Å². The van der Waals surface area contributed by atoms with Gasteiger partial charge in [-0.25, -0.2) is 8.78 Å². The van der Waals surface area contributed by atoms with Crippen molar-refractivity contribution in [1.29, 1.82) is 0 Å². The summed E-state index contributed by atoms with van der Waals surface area (Å²) in [6.45, 7) is 0.156. The average Bonchev–Trinajstić information content (AvgIpc) is 2.76. The first-order valence-electron chi connectivity index (χ1n) is 10.5. The molecule has 1 saturated carbocycles. The van der Waals surface area contributed by atoms with Crippen molar-refractivity contribution in [3.8, 4) is 0 Å². The van der Waals surface area contributed by atoms with Crippen LogP contribution in [0.2, 0.25) is 0 Å². The quantitative estimate of drug-likeness (QED) is 0.740. The fourth-order valence-electron chi connectivity index (χ4n) is 4.12. The molecule has 2 aromatic carbocycles. The monoisotopic (exact) mass is 426 g/mol. The highest BCUT2D eigenvalue weighted by Crippen LogP contribution is 2.33. The number of rotatable bonds is 5. The second kappa shape index (κ2) is 9.29. The van der Waals surface area contributed by atoms with E-state index in [4.69, 9.17) is 4.74 Å². The third-order valence-corrected chi connectivity index (χ3v) is 5.68. The number of carbonyl (C=O) groups is 2. The van der Waals surface area contributed by atoms with Crippen molar-refractivity contribution >= 4 is 17.9 Å². The summed E-state index contributed by atoms with van der Waals surface area (Å²) in [6.07, 6.45) is 4.87. The number of hydrogen-bond acceptors (Lipinski definition) is 3. The maximum atomic E-state index is 13.5. The van der Waals surface area contributed by atoms with Gasteiger partial charge in [-0.1, -0.05) is 30.7 Å². The van der Waals surface area contributed by atoms with Crippen molar-refractivity contribution in [3.05, 3.63) is 77.1 Å². The van der Waals surface area contributed by atoms with Gasteiger partial charge < -0.3 is 15.0 Å². The number of carbonyl (C=O) groups excluding carboxylic acids is 2. The van der Waals surface area contributed by atoms with Crippen LogP contribution in [0.1, 0.15) is 36.8 Å². The molecule has 0 aromatic heterocycles. The minimum absolute atomic E-state index is 0.0922. The summed E-state index contributed by atoms with van der Waals surface area (Å²) in [5, 5.41) is 2.79. The second-order valence-electron chi connectivity index (χ2n) is 7.91. The Morgan fingerprint density at radius 3 is 2.65 bits per heavy atom. The number of benzene rings is 2. The molecule has 0 bridgehead atoms. The second-order valence-corrected chi connectivity index (χ2v) is 7.91. The standard InChI is InChI=1S/C24H24F2N2O3/c25-18-10-8-16(9-11-18)14-27-23(29)15-28-20-6-1-2-7-21(20)31-22(24(28)30)13-17-4-3-5-19(26)12-17/h3-5,8-13,20-21H,1-2,6-7,14-15H2,(H,27,29)/b22-13+. The molecule has 7 heteroatoms. The zero-order chi connectivity index (χ0) is 21.8. The Hall–Kier alpha value is -3.22. The number of nitrogens with zero attached hydrogens (tertiary/aromatic N) is 1. The van der Waals surface area contributed by atoms with E-state index in [0.717, 1.165) is 31.2 Å². The van der Waals surface area contributed by atoms with E-state index in [1.165, 1.54) is 30.3 Å². The first-order chi connectivity index (χ1) is 15.0. The molecule has 4 rings (SSSR count). The summed E-state index contributed by atoms with van der Waals surface area (Å²) in [4.78, 5) is 27.3. The van der Waals surface area contributed by atoms with Crippen LogP contribution in [0, 0.1) is 11.6 Å². The Bertz CT molecular complexity index is 991. The van der Waals surface area contributed by atoms with Gasteiger partial charge in [-0.3, -0.25) is 9.59 Å². The van der Waals surface area contributed by atoms with Gasteiger partial charge in [-0.2, -0.15) is 0 Å². The van der Waals surface area contributed by atoms with E-state index in [1.54, 1.807) is 29.2 Å². The molecule has 5 nitrogen and oxygen atoms in total. The van der Waals surface area contributed by atoms with Crippen molar-refractivity contribution in [2.45, 2.75) is 44.4 Å². The number of fused-ring (bicyclic) bond motifs is 1. The van der Waals surface area contributed by atoms with Crippen LogP contribution in [0.15, 0.2) is 54.3 Å². The molecule has 2 fully saturated rings. The summed E-state index contributed by atoms with van der Waals surface area (Å²) in [6, 6.07) is 11.6. The molecule has 162 valence electrons. The Labute approximate surface area is 179 Å². The Morgan fingerprint density at radius 2 is 1.87 bits per heavy atom. The molecule has 1 aliphatic heterocycles. The summed E-state index contributed by atoms with van der Waals surface area (Å²) >= 11 is 0. The predicted octanol–water partition coefficient (Wildman–Crippen LogP) is 3.79. The highest BCUT2D eigenvalue weighted by atomic mass is 19.1. The van der Waals surface area contributed by atoms with Gasteiger partial charge in [0.25, 0.3) is 5.91 Å². The van der Waals surface area contributed by atoms with Crippen LogP contribution in [0.25, 0.3) is 6.08 Å². The van der Waals surface area contributed by atoms with Gasteiger partial charge >= 0.3 is 0 Å². The lowest BCUT2D eigenvalue weighted by Gasteiger charge is -2.44. The molecule has 2 aliphatic rings. The van der Waals surface area contributed by atoms with Crippen LogP contribution in [-0.2, 0) is 20.9 Å². The van der Waals surface area contributed by atoms with Gasteiger partial charge in [0.1, 0.15) is 24.3 Å². The van der Waals surface area contributed by atoms with E-state index in [0.29, 0.717) is 5.56 Å². The van der Waals surface area contributed by atoms with Gasteiger partial charge in [0.05, 0.1) is 6.04 Å². The number of halogens is 2. The molecular weight excluding hydrogens is 402 g/mol. The fourth-order valence-corrected chi connectivity index (χ4v) is 4.12. The molecule has 2 aromatic rings. The molecule has 0 spiro atoms. The number of amides is 2. The predicted molar refractivity (Wildman–Crippen MR) is 111 cm³/mol. The van der Waals surface area contributed by atoms with Gasteiger partial charge in [-0.15, -0.1) is 0 Å². The van der Waals surface area contributed by atoms with Crippen molar-refractivity contribution in [2.75, 3.05) is 6.54 Å². The van der Waals surface area contributed by atoms with Gasteiger partial charge in [-0.05, 0) is 60.7 Å². The molecule has 1 saturated heterocycles. The molecule has 1 aliphatic carbocycles. The van der Waals surface area contributed by atoms with Crippen LogP contribution in [0.5, 0.6) is 0 Å². The largest absolute Gasteiger partial charge is 0.482 e. The van der Waals surface area contributed by atoms with Gasteiger partial charge in [0.15, 0.2) is 5.76 Å². The molecule has 31 heavy (non-hydrogen) atoms. The van der Waals surface area contributed by atoms with Crippen LogP contribution in [0.4, 0.5) is 8.78 Å². The molecule has 1 N–H and O–H groups in total. The van der Waals surface area contributed by atoms with E-state index in [-0.39, 0.29) is 48.6 Å². The normalized spacial score (nSPS) is 22.1. The number of hydrogen-bond donors (Lipinski definition) is 1. The van der Waals surface area contributed by atoms with E-state index in [2.05, 4.69) is 5.32 Å². The summed E-state index contributed by atoms with van der Waals surface area (Å²) in [5.74, 6) is -1.28. The molecule has 1 heterocycles. The van der Waals surface area contributed by atoms with Crippen LogP contribution >= 0.6 is 0 Å². The van der Waals surface area contributed by atoms with Gasteiger partial charge in [0, 0.05) is 6.54 Å². The molecular formula is C24H24F2N2O3. The van der Waals surface area contributed by atoms with E-state index >= 15 is 0 Å². The average molecular weight is 426 g/mol. The first kappa shape index (κ1) is 21.0. The van der Waals surface area contributed by atoms with Crippen LogP contribution in [0.3, 0.4) is 0 Å². The minimum Gasteiger partial charge on any atom is -0.482 e. The smallest absolute Gasteiger partial charge is 0.289 e. The SMILES string of the molecule is O=C(CN1C(=O)/C(=C\c2cccc(F)c2)OC2CCCCC21)NCc1ccc(F)cc1. The first-order valence-corrected chi connectivity index (χ1v) is 10.5. The zero-order valence-corrected chi connectivity index (χ0v) is 17.0. The highest BCUT2D eigenvalue weighted by molar-refractivity contribution is 5.98. The van der Waals surface area contributed by atoms with Crippen molar-refractivity contribution in [1.82, 2.24) is 10.2 Å². The molecule has 2 unspecified atom stereocenters. The van der Waals surface area contributed by atoms with Crippen LogP contribution < -0.4 is 5.32 Å². The van der Waals surface area contributed by atoms with E-state index in [1.807, 2.05) is 0 Å². The maximum absolute atomic E-state index is 13.5. The Balaban J connectivity index is 1.48. The van der Waals surface area contributed by atoms with Gasteiger partial charge in [0.2, 0.25) is 5.91 Å². The lowest BCUT2D eigenvalue weighted by atomic mass is 9.89. The Morgan fingerprint density at radius 1 is 1.10 bits per heavy atom. The minimum atomic E-state index is -0.398. The summed E-state index contributed by atoms with van der Waals surface area (Å²) < 4.78 is 32.6. The van der Waals surface area contributed by atoms with E-state index < -0.39 is 5.82 Å². The van der Waals surface area contributed by atoms with E-state index in [9.17, 15) is 18.4 Å². The summed E-state index contributed by atoms with van der Waals surface area (Å²) in [7, 11) is 0. The lowest BCUT2D eigenvalue weighted by Crippen LogP contribution is -2.57. The Kier molecular flexibility index (Phi) is 6.30. The third-order valence-electron chi connectivity index (χ3n) is 5.68.